The van der Waals surface area contributed by atoms with Crippen molar-refractivity contribution in [1.82, 2.24) is 24.8 Å². The summed E-state index contributed by atoms with van der Waals surface area (Å²) in [6, 6.07) is -0.500. The van der Waals surface area contributed by atoms with Crippen molar-refractivity contribution in [3.8, 4) is 0 Å². The second kappa shape index (κ2) is 7.03. The fraction of sp³-hybridized carbons (Fsp3) is 0.600. The van der Waals surface area contributed by atoms with Crippen molar-refractivity contribution in [3.63, 3.8) is 0 Å². The molecule has 1 fully saturated rings. The Balaban J connectivity index is 1.85. The van der Waals surface area contributed by atoms with Crippen molar-refractivity contribution in [2.24, 2.45) is 0 Å². The van der Waals surface area contributed by atoms with E-state index in [4.69, 9.17) is 4.74 Å². The number of imidazole rings is 1. The summed E-state index contributed by atoms with van der Waals surface area (Å²) in [5.41, 5.74) is -0.134. The van der Waals surface area contributed by atoms with E-state index in [1.54, 1.807) is 4.90 Å². The molecule has 0 aromatic carbocycles. The van der Waals surface area contributed by atoms with Crippen LogP contribution < -0.4 is 5.32 Å². The molecule has 1 atom stereocenters. The summed E-state index contributed by atoms with van der Waals surface area (Å²) in [4.78, 5) is 5.98. The van der Waals surface area contributed by atoms with Crippen LogP contribution in [0.2, 0.25) is 0 Å². The second-order valence-corrected chi connectivity index (χ2v) is 7.35. The Bertz CT molecular complexity index is 800. The molecular formula is C15H19F4N5OS. The fourth-order valence-electron chi connectivity index (χ4n) is 2.99. The third kappa shape index (κ3) is 3.93. The predicted octanol–water partition coefficient (Wildman–Crippen LogP) is 3.17. The van der Waals surface area contributed by atoms with E-state index in [1.807, 2.05) is 0 Å². The van der Waals surface area contributed by atoms with Crippen LogP contribution in [0.5, 0.6) is 0 Å². The number of halogens is 4. The van der Waals surface area contributed by atoms with Crippen molar-refractivity contribution in [2.75, 3.05) is 13.7 Å². The van der Waals surface area contributed by atoms with Gasteiger partial charge in [-0.05, 0) is 6.92 Å². The minimum Gasteiger partial charge on any atom is -0.377 e. The number of nitrogens with zero attached hydrogens (tertiary/aromatic N) is 4. The van der Waals surface area contributed by atoms with Crippen LogP contribution in [-0.4, -0.2) is 45.1 Å². The topological polar surface area (TPSA) is 54.7 Å². The molecule has 0 spiro atoms. The SMILES string of the molecule is C=C1NC(CC(C)(F)F)CN1Cc1c(C(F)F)nc2sc(COC)nn12. The molecule has 0 saturated carbocycles. The first kappa shape index (κ1) is 18.9. The summed E-state index contributed by atoms with van der Waals surface area (Å²) in [5, 5.41) is 7.77. The third-order valence-electron chi connectivity index (χ3n) is 3.98. The number of aromatic nitrogens is 3. The largest absolute Gasteiger partial charge is 0.377 e. The van der Waals surface area contributed by atoms with Crippen LogP contribution in [0.25, 0.3) is 4.96 Å². The lowest BCUT2D eigenvalue weighted by atomic mass is 10.1. The number of rotatable bonds is 7. The molecule has 0 bridgehead atoms. The van der Waals surface area contributed by atoms with E-state index in [1.165, 1.54) is 23.0 Å². The van der Waals surface area contributed by atoms with Crippen LogP contribution in [-0.2, 0) is 17.9 Å². The van der Waals surface area contributed by atoms with Gasteiger partial charge in [0, 0.05) is 20.1 Å². The normalized spacial score (nSPS) is 18.3. The molecule has 0 aliphatic carbocycles. The Morgan fingerprint density at radius 2 is 2.19 bits per heavy atom. The van der Waals surface area contributed by atoms with E-state index in [9.17, 15) is 17.6 Å². The van der Waals surface area contributed by atoms with Crippen molar-refractivity contribution in [1.29, 1.82) is 0 Å². The number of fused-ring (bicyclic) bond motifs is 1. The van der Waals surface area contributed by atoms with E-state index in [-0.39, 0.29) is 37.5 Å². The van der Waals surface area contributed by atoms with E-state index >= 15 is 0 Å². The molecule has 1 unspecified atom stereocenters. The van der Waals surface area contributed by atoms with Gasteiger partial charge in [-0.3, -0.25) is 0 Å². The Morgan fingerprint density at radius 3 is 2.81 bits per heavy atom. The fourth-order valence-corrected chi connectivity index (χ4v) is 3.88. The summed E-state index contributed by atoms with van der Waals surface area (Å²) in [6.45, 7) is 5.20. The standard InChI is InChI=1S/C15H19F4N5OS/c1-8-20-9(4-15(2,18)19)5-23(8)6-10-12(13(16)17)21-14-24(10)22-11(26-14)7-25-3/h9,13,20H,1,4-7H2,2-3H3. The number of alkyl halides is 4. The molecule has 1 aliphatic heterocycles. The number of hydrogen-bond acceptors (Lipinski definition) is 6. The Morgan fingerprint density at radius 1 is 1.46 bits per heavy atom. The minimum absolute atomic E-state index is 0.0502. The molecule has 1 saturated heterocycles. The molecule has 11 heteroatoms. The quantitative estimate of drug-likeness (QED) is 0.733. The molecule has 6 nitrogen and oxygen atoms in total. The lowest BCUT2D eigenvalue weighted by Gasteiger charge is -2.18. The summed E-state index contributed by atoms with van der Waals surface area (Å²) < 4.78 is 59.6. The summed E-state index contributed by atoms with van der Waals surface area (Å²) in [6.07, 6.45) is -3.12. The van der Waals surface area contributed by atoms with Gasteiger partial charge in [-0.1, -0.05) is 17.9 Å². The first-order chi connectivity index (χ1) is 12.2. The molecule has 1 aliphatic rings. The second-order valence-electron chi connectivity index (χ2n) is 6.31. The van der Waals surface area contributed by atoms with Gasteiger partial charge >= 0.3 is 0 Å². The van der Waals surface area contributed by atoms with E-state index < -0.39 is 18.4 Å². The summed E-state index contributed by atoms with van der Waals surface area (Å²) in [5.74, 6) is -2.41. The van der Waals surface area contributed by atoms with Crippen molar-refractivity contribution in [3.05, 3.63) is 28.8 Å². The number of ether oxygens (including phenoxy) is 1. The number of methoxy groups -OCH3 is 1. The number of hydrogen-bond donors (Lipinski definition) is 1. The maximum absolute atomic E-state index is 13.4. The van der Waals surface area contributed by atoms with E-state index in [0.29, 0.717) is 15.8 Å². The van der Waals surface area contributed by atoms with Gasteiger partial charge in [-0.15, -0.1) is 0 Å². The highest BCUT2D eigenvalue weighted by atomic mass is 32.1. The molecule has 26 heavy (non-hydrogen) atoms. The average Bonchev–Trinajstić information content (AvgIpc) is 3.13. The smallest absolute Gasteiger partial charge is 0.282 e. The van der Waals surface area contributed by atoms with Gasteiger partial charge in [-0.25, -0.2) is 27.1 Å². The lowest BCUT2D eigenvalue weighted by Crippen LogP contribution is -2.30. The summed E-state index contributed by atoms with van der Waals surface area (Å²) >= 11 is 1.17. The molecular weight excluding hydrogens is 374 g/mol. The monoisotopic (exact) mass is 393 g/mol. The molecule has 144 valence electrons. The molecule has 0 radical (unpaired) electrons. The molecule has 0 amide bonds. The van der Waals surface area contributed by atoms with Crippen LogP contribution in [0.1, 0.15) is 36.2 Å². The molecule has 3 rings (SSSR count). The summed E-state index contributed by atoms with van der Waals surface area (Å²) in [7, 11) is 1.51. The zero-order valence-electron chi connectivity index (χ0n) is 14.3. The maximum atomic E-state index is 13.4. The Kier molecular flexibility index (Phi) is 5.11. The zero-order valence-corrected chi connectivity index (χ0v) is 15.1. The van der Waals surface area contributed by atoms with Crippen LogP contribution in [0.15, 0.2) is 12.4 Å². The first-order valence-corrected chi connectivity index (χ1v) is 8.72. The van der Waals surface area contributed by atoms with Gasteiger partial charge in [-0.2, -0.15) is 5.10 Å². The zero-order chi connectivity index (χ0) is 19.1. The number of nitrogens with one attached hydrogen (secondary N) is 1. The highest BCUT2D eigenvalue weighted by molar-refractivity contribution is 7.16. The van der Waals surface area contributed by atoms with Crippen LogP contribution >= 0.6 is 11.3 Å². The van der Waals surface area contributed by atoms with Crippen molar-refractivity contribution in [2.45, 2.75) is 44.9 Å². The maximum Gasteiger partial charge on any atom is 0.282 e. The Hall–Kier alpha value is -1.88. The van der Waals surface area contributed by atoms with Gasteiger partial charge in [0.1, 0.15) is 10.7 Å². The van der Waals surface area contributed by atoms with Gasteiger partial charge in [0.15, 0.2) is 0 Å². The lowest BCUT2D eigenvalue weighted by molar-refractivity contribution is 0.00501. The van der Waals surface area contributed by atoms with Gasteiger partial charge in [0.2, 0.25) is 10.9 Å². The van der Waals surface area contributed by atoms with E-state index in [0.717, 1.165) is 6.92 Å². The van der Waals surface area contributed by atoms with Gasteiger partial charge in [0.25, 0.3) is 6.43 Å². The molecule has 2 aromatic heterocycles. The average molecular weight is 393 g/mol. The third-order valence-corrected chi connectivity index (χ3v) is 4.86. The highest BCUT2D eigenvalue weighted by Crippen LogP contribution is 2.30. The van der Waals surface area contributed by atoms with Crippen LogP contribution in [0, 0.1) is 0 Å². The predicted molar refractivity (Wildman–Crippen MR) is 88.2 cm³/mol. The van der Waals surface area contributed by atoms with Crippen LogP contribution in [0.4, 0.5) is 17.6 Å². The minimum atomic E-state index is -2.82. The van der Waals surface area contributed by atoms with Crippen LogP contribution in [0.3, 0.4) is 0 Å². The van der Waals surface area contributed by atoms with Crippen molar-refractivity contribution >= 4 is 16.3 Å². The molecule has 2 aromatic rings. The van der Waals surface area contributed by atoms with Gasteiger partial charge < -0.3 is 15.0 Å². The van der Waals surface area contributed by atoms with Gasteiger partial charge in [0.05, 0.1) is 30.7 Å². The van der Waals surface area contributed by atoms with Crippen molar-refractivity contribution < 1.29 is 22.3 Å². The first-order valence-electron chi connectivity index (χ1n) is 7.90. The highest BCUT2D eigenvalue weighted by Gasteiger charge is 2.34. The molecule has 1 N–H and O–H groups in total. The van der Waals surface area contributed by atoms with E-state index in [2.05, 4.69) is 22.0 Å². The Labute approximate surface area is 151 Å². The molecule has 3 heterocycles.